The van der Waals surface area contributed by atoms with Crippen LogP contribution in [0.4, 0.5) is 4.39 Å². The number of alkyl halides is 1. The van der Waals surface area contributed by atoms with Crippen LogP contribution < -0.4 is 11.1 Å². The van der Waals surface area contributed by atoms with Gasteiger partial charge in [-0.3, -0.25) is 0 Å². The van der Waals surface area contributed by atoms with Crippen molar-refractivity contribution in [2.24, 2.45) is 11.7 Å². The third-order valence-electron chi connectivity index (χ3n) is 1.42. The molecule has 47 valence electrons. The molecule has 2 nitrogen and oxygen atoms in total. The molecule has 0 aromatic carbocycles. The second-order valence-electron chi connectivity index (χ2n) is 2.14. The lowest BCUT2D eigenvalue weighted by molar-refractivity contribution is 0.299. The first-order chi connectivity index (χ1) is 3.83. The molecule has 0 aliphatic carbocycles. The number of nitrogens with two attached hydrogens (primary N) is 1. The van der Waals surface area contributed by atoms with Gasteiger partial charge < -0.3 is 5.73 Å². The predicted octanol–water partition coefficient (Wildman–Crippen LogP) is -0.135. The van der Waals surface area contributed by atoms with Crippen LogP contribution in [0.1, 0.15) is 6.42 Å². The normalized spacial score (nSPS) is 38.2. The van der Waals surface area contributed by atoms with Crippen LogP contribution in [0.15, 0.2) is 0 Å². The summed E-state index contributed by atoms with van der Waals surface area (Å²) in [6.07, 6.45) is -0.389. The largest absolute Gasteiger partial charge is 0.330 e. The molecule has 0 bridgehead atoms. The van der Waals surface area contributed by atoms with E-state index in [0.29, 0.717) is 25.4 Å². The lowest BCUT2D eigenvalue weighted by Gasteiger charge is -1.98. The van der Waals surface area contributed by atoms with Gasteiger partial charge in [0.25, 0.3) is 0 Å². The molecule has 0 aromatic rings. The van der Waals surface area contributed by atoms with Gasteiger partial charge in [0.15, 0.2) is 6.30 Å². The van der Waals surface area contributed by atoms with Gasteiger partial charge in [-0.05, 0) is 18.9 Å². The van der Waals surface area contributed by atoms with Crippen LogP contribution in [0, 0.1) is 5.92 Å². The molecule has 1 saturated heterocycles. The Morgan fingerprint density at radius 1 is 1.75 bits per heavy atom. The molecule has 1 fully saturated rings. The number of hydrogen-bond acceptors (Lipinski definition) is 1. The first kappa shape index (κ1) is 5.98. The van der Waals surface area contributed by atoms with Gasteiger partial charge in [0, 0.05) is 6.54 Å². The van der Waals surface area contributed by atoms with E-state index < -0.39 is 6.30 Å². The highest BCUT2D eigenvalue weighted by Crippen LogP contribution is 2.13. The fourth-order valence-electron chi connectivity index (χ4n) is 0.858. The molecule has 1 radical (unpaired) electrons. The van der Waals surface area contributed by atoms with Crippen LogP contribution >= 0.6 is 0 Å². The Morgan fingerprint density at radius 3 is 2.75 bits per heavy atom. The van der Waals surface area contributed by atoms with Gasteiger partial charge in [0.2, 0.25) is 0 Å². The zero-order valence-corrected chi connectivity index (χ0v) is 4.68. The van der Waals surface area contributed by atoms with Crippen molar-refractivity contribution in [1.82, 2.24) is 5.32 Å². The van der Waals surface area contributed by atoms with E-state index in [1.165, 1.54) is 0 Å². The van der Waals surface area contributed by atoms with Crippen molar-refractivity contribution in [3.05, 3.63) is 0 Å². The van der Waals surface area contributed by atoms with E-state index in [4.69, 9.17) is 5.73 Å². The zero-order chi connectivity index (χ0) is 5.98. The van der Waals surface area contributed by atoms with Gasteiger partial charge in [-0.2, -0.15) is 0 Å². The summed E-state index contributed by atoms with van der Waals surface area (Å²) < 4.78 is 12.1. The summed E-state index contributed by atoms with van der Waals surface area (Å²) in [4.78, 5) is 0. The molecular weight excluding hydrogens is 107 g/mol. The molecule has 1 aliphatic heterocycles. The van der Waals surface area contributed by atoms with Crippen LogP contribution in [0.5, 0.6) is 0 Å². The fourth-order valence-corrected chi connectivity index (χ4v) is 0.858. The third-order valence-corrected chi connectivity index (χ3v) is 1.42. The lowest BCUT2D eigenvalue weighted by atomic mass is 10.1. The van der Waals surface area contributed by atoms with Crippen molar-refractivity contribution in [3.8, 4) is 0 Å². The fraction of sp³-hybridized carbons (Fsp3) is 1.00. The SMILES string of the molecule is NCC1C[N]C(F)C1. The third kappa shape index (κ3) is 1.17. The quantitative estimate of drug-likeness (QED) is 0.477. The van der Waals surface area contributed by atoms with E-state index in [2.05, 4.69) is 5.32 Å². The molecule has 1 aliphatic rings. The molecular formula is C5H10FN2. The van der Waals surface area contributed by atoms with Gasteiger partial charge in [0.1, 0.15) is 0 Å². The summed E-state index contributed by atoms with van der Waals surface area (Å²) in [7, 11) is 0. The molecule has 2 N–H and O–H groups in total. The minimum atomic E-state index is -0.927. The molecule has 1 rings (SSSR count). The van der Waals surface area contributed by atoms with E-state index in [0.717, 1.165) is 0 Å². The second kappa shape index (κ2) is 2.42. The summed E-state index contributed by atoms with van der Waals surface area (Å²) in [6, 6.07) is 0. The summed E-state index contributed by atoms with van der Waals surface area (Å²) in [5, 5.41) is 3.64. The van der Waals surface area contributed by atoms with Crippen LogP contribution in [0.25, 0.3) is 0 Å². The Hall–Kier alpha value is -0.150. The number of hydrogen-bond donors (Lipinski definition) is 1. The standard InChI is InChI=1S/C5H10FN2/c6-5-1-4(2-7)3-8-5/h4-5H,1-3,7H2. The highest BCUT2D eigenvalue weighted by Gasteiger charge is 2.22. The first-order valence-electron chi connectivity index (χ1n) is 2.83. The monoisotopic (exact) mass is 117 g/mol. The van der Waals surface area contributed by atoms with Crippen LogP contribution in [-0.4, -0.2) is 19.4 Å². The average Bonchev–Trinajstić information content (AvgIpc) is 2.14. The second-order valence-corrected chi connectivity index (χ2v) is 2.14. The molecule has 8 heavy (non-hydrogen) atoms. The van der Waals surface area contributed by atoms with Crippen LogP contribution in [-0.2, 0) is 0 Å². The van der Waals surface area contributed by atoms with E-state index in [9.17, 15) is 4.39 Å². The summed E-state index contributed by atoms with van der Waals surface area (Å²) >= 11 is 0. The minimum Gasteiger partial charge on any atom is -0.330 e. The van der Waals surface area contributed by atoms with E-state index in [1.807, 2.05) is 0 Å². The Balaban J connectivity index is 2.22. The smallest absolute Gasteiger partial charge is 0.166 e. The van der Waals surface area contributed by atoms with Crippen molar-refractivity contribution in [1.29, 1.82) is 0 Å². The topological polar surface area (TPSA) is 40.1 Å². The van der Waals surface area contributed by atoms with Crippen molar-refractivity contribution >= 4 is 0 Å². The van der Waals surface area contributed by atoms with Gasteiger partial charge >= 0.3 is 0 Å². The van der Waals surface area contributed by atoms with Gasteiger partial charge in [-0.15, -0.1) is 0 Å². The molecule has 1 heterocycles. The maximum Gasteiger partial charge on any atom is 0.166 e. The lowest BCUT2D eigenvalue weighted by Crippen LogP contribution is -2.14. The first-order valence-corrected chi connectivity index (χ1v) is 2.83. The van der Waals surface area contributed by atoms with Crippen molar-refractivity contribution in [3.63, 3.8) is 0 Å². The summed E-state index contributed by atoms with van der Waals surface area (Å²) in [5.41, 5.74) is 5.27. The molecule has 0 spiro atoms. The number of halogens is 1. The molecule has 2 unspecified atom stereocenters. The van der Waals surface area contributed by atoms with Crippen molar-refractivity contribution in [2.45, 2.75) is 12.7 Å². The summed E-state index contributed by atoms with van der Waals surface area (Å²) in [5.74, 6) is 0.310. The molecule has 2 atom stereocenters. The van der Waals surface area contributed by atoms with Crippen molar-refractivity contribution in [2.75, 3.05) is 13.1 Å². The highest BCUT2D eigenvalue weighted by atomic mass is 19.1. The van der Waals surface area contributed by atoms with Gasteiger partial charge in [-0.1, -0.05) is 0 Å². The molecule has 0 saturated carbocycles. The Kier molecular flexibility index (Phi) is 1.81. The Bertz CT molecular complexity index is 76.8. The van der Waals surface area contributed by atoms with E-state index >= 15 is 0 Å². The Labute approximate surface area is 48.2 Å². The highest BCUT2D eigenvalue weighted by molar-refractivity contribution is 4.74. The molecule has 0 aromatic heterocycles. The number of nitrogens with zero attached hydrogens (tertiary/aromatic N) is 1. The van der Waals surface area contributed by atoms with Gasteiger partial charge in [-0.25, -0.2) is 9.71 Å². The van der Waals surface area contributed by atoms with Gasteiger partial charge in [0.05, 0.1) is 0 Å². The van der Waals surface area contributed by atoms with E-state index in [-0.39, 0.29) is 0 Å². The van der Waals surface area contributed by atoms with Crippen molar-refractivity contribution < 1.29 is 4.39 Å². The van der Waals surface area contributed by atoms with E-state index in [1.54, 1.807) is 0 Å². The zero-order valence-electron chi connectivity index (χ0n) is 4.68. The molecule has 3 heteroatoms. The Morgan fingerprint density at radius 2 is 2.50 bits per heavy atom. The number of rotatable bonds is 1. The molecule has 0 amide bonds. The van der Waals surface area contributed by atoms with Crippen LogP contribution in [0.3, 0.4) is 0 Å². The summed E-state index contributed by atoms with van der Waals surface area (Å²) in [6.45, 7) is 1.20. The minimum absolute atomic E-state index is 0.310. The van der Waals surface area contributed by atoms with Crippen LogP contribution in [0.2, 0.25) is 0 Å². The maximum atomic E-state index is 12.1. The average molecular weight is 117 g/mol. The maximum absolute atomic E-state index is 12.1. The predicted molar refractivity (Wildman–Crippen MR) is 29.1 cm³/mol.